The topological polar surface area (TPSA) is 185 Å². The van der Waals surface area contributed by atoms with Crippen molar-refractivity contribution in [3.63, 3.8) is 0 Å². The van der Waals surface area contributed by atoms with E-state index in [1.54, 1.807) is 23.8 Å². The van der Waals surface area contributed by atoms with Gasteiger partial charge in [-0.1, -0.05) is 24.6 Å². The molecule has 1 aliphatic carbocycles. The minimum Gasteiger partial charge on any atom is -0.480 e. The van der Waals surface area contributed by atoms with Crippen LogP contribution in [0.4, 0.5) is 26.2 Å². The van der Waals surface area contributed by atoms with Gasteiger partial charge >= 0.3 is 0 Å². The summed E-state index contributed by atoms with van der Waals surface area (Å²) in [5, 5.41) is 6.52. The smallest absolute Gasteiger partial charge is 0.293 e. The number of ether oxygens (including phenoxy) is 2. The summed E-state index contributed by atoms with van der Waals surface area (Å²) in [5.74, 6) is -5.93. The van der Waals surface area contributed by atoms with Crippen LogP contribution in [0.2, 0.25) is 5.02 Å². The number of carbonyl (C=O) groups is 5. The molecular formula is C47H51ClF2N8O8. The second-order valence-electron chi connectivity index (χ2n) is 18.1. The molecule has 4 amide bonds. The number of fused-ring (bicyclic) bond motifs is 2. The van der Waals surface area contributed by atoms with Gasteiger partial charge in [0, 0.05) is 49.1 Å². The molecule has 5 aliphatic rings. The van der Waals surface area contributed by atoms with Gasteiger partial charge in [-0.05, 0) is 101 Å². The second-order valence-corrected chi connectivity index (χ2v) is 18.5. The van der Waals surface area contributed by atoms with Crippen molar-refractivity contribution in [3.05, 3.63) is 80.7 Å². The van der Waals surface area contributed by atoms with Gasteiger partial charge in [-0.25, -0.2) is 13.8 Å². The first kappa shape index (κ1) is 45.3. The number of nitrogens with zero attached hydrogens (tertiary/aromatic N) is 6. The van der Waals surface area contributed by atoms with Gasteiger partial charge in [-0.15, -0.1) is 0 Å². The number of Topliss-reactive ketones (excluding diaryl/α,β-unsaturated/α-hetero) is 1. The Morgan fingerprint density at radius 1 is 0.955 bits per heavy atom. The lowest BCUT2D eigenvalue weighted by atomic mass is 9.81. The van der Waals surface area contributed by atoms with E-state index in [1.807, 2.05) is 36.9 Å². The summed E-state index contributed by atoms with van der Waals surface area (Å²) in [5.41, 5.74) is 1.41. The molecule has 2 unspecified atom stereocenters. The highest BCUT2D eigenvalue weighted by molar-refractivity contribution is 6.33. The van der Waals surface area contributed by atoms with Crippen LogP contribution >= 0.6 is 11.6 Å². The van der Waals surface area contributed by atoms with Crippen molar-refractivity contribution in [2.24, 2.45) is 0 Å². The maximum absolute atomic E-state index is 15.9. The minimum absolute atomic E-state index is 0.000568. The maximum Gasteiger partial charge on any atom is 0.293 e. The number of aromatic nitrogens is 3. The standard InChI is InChI=1S/C47H51ClF2N8O8/c1-4-30(59)23-65-39-19-27-17-28(6-8-37(27)57(25(2)3)45(39)64)52-41-36(48)22-51-46(54-41)55-14-11-31(12-15-55)66-32-20-29(21-32)56-16-13-35(47(49,50)24-56)26-5-7-33-34(18-26)44(63)58(43(33)62)38-9-10-40(60)53-42(38)61/h5-8,17-19,22,25,29,31-32,35,38H,4,9-16,20-21,23-24H2,1-3H3,(H,51,52,54)(H,53,60,61). The van der Waals surface area contributed by atoms with Crippen molar-refractivity contribution in [1.82, 2.24) is 29.7 Å². The number of hydrogen-bond donors (Lipinski definition) is 2. The van der Waals surface area contributed by atoms with Crippen molar-refractivity contribution in [1.29, 1.82) is 0 Å². The van der Waals surface area contributed by atoms with E-state index in [9.17, 15) is 28.8 Å². The average molecular weight is 929 g/mol. The summed E-state index contributed by atoms with van der Waals surface area (Å²) in [6.07, 6.45) is 4.76. The minimum atomic E-state index is -3.09. The Bertz CT molecular complexity index is 2680. The molecule has 1 saturated carbocycles. The molecule has 9 rings (SSSR count). The van der Waals surface area contributed by atoms with Gasteiger partial charge in [0.1, 0.15) is 17.7 Å². The normalized spacial score (nSPS) is 23.6. The first-order chi connectivity index (χ1) is 31.6. The number of benzene rings is 2. The van der Waals surface area contributed by atoms with Gasteiger partial charge in [0.15, 0.2) is 17.4 Å². The third-order valence-corrected chi connectivity index (χ3v) is 13.8. The zero-order valence-electron chi connectivity index (χ0n) is 36.9. The van der Waals surface area contributed by atoms with E-state index >= 15 is 8.78 Å². The Morgan fingerprint density at radius 2 is 1.71 bits per heavy atom. The molecule has 0 radical (unpaired) electrons. The van der Waals surface area contributed by atoms with Crippen molar-refractivity contribution in [2.75, 3.05) is 43.0 Å². The number of likely N-dealkylation sites (tertiary alicyclic amines) is 1. The largest absolute Gasteiger partial charge is 0.480 e. The molecule has 4 fully saturated rings. The number of pyridine rings is 1. The van der Waals surface area contributed by atoms with Crippen LogP contribution in [0.25, 0.3) is 10.9 Å². The number of rotatable bonds is 13. The molecule has 2 atom stereocenters. The first-order valence-corrected chi connectivity index (χ1v) is 23.0. The Hall–Kier alpha value is -5.85. The molecule has 16 nitrogen and oxygen atoms in total. The predicted molar refractivity (Wildman–Crippen MR) is 240 cm³/mol. The molecule has 6 heterocycles. The van der Waals surface area contributed by atoms with Crippen LogP contribution in [0.5, 0.6) is 5.75 Å². The highest BCUT2D eigenvalue weighted by Crippen LogP contribution is 2.44. The van der Waals surface area contributed by atoms with Gasteiger partial charge in [-0.2, -0.15) is 4.98 Å². The number of anilines is 3. The molecule has 2 aromatic heterocycles. The fourth-order valence-electron chi connectivity index (χ4n) is 9.81. The average Bonchev–Trinajstić information content (AvgIpc) is 3.51. The van der Waals surface area contributed by atoms with E-state index < -0.39 is 48.1 Å². The fourth-order valence-corrected chi connectivity index (χ4v) is 9.95. The lowest BCUT2D eigenvalue weighted by Crippen LogP contribution is -2.56. The molecule has 3 saturated heterocycles. The highest BCUT2D eigenvalue weighted by atomic mass is 35.5. The van der Waals surface area contributed by atoms with Crippen LogP contribution in [-0.2, 0) is 19.1 Å². The van der Waals surface area contributed by atoms with Gasteiger partial charge in [0.25, 0.3) is 23.3 Å². The molecule has 348 valence electrons. The van der Waals surface area contributed by atoms with Crippen LogP contribution < -0.4 is 25.8 Å². The SMILES string of the molecule is CCC(=O)COc1cc2cc(Nc3nc(N4CCC(OC5CC(N6CCC(c7ccc8c(c7)C(=O)N(C7CCC(=O)NC7=O)C8=O)C(F)(F)C6)C5)CC4)ncc3Cl)ccc2n(C(C)C)c1=O. The Morgan fingerprint density at radius 3 is 2.42 bits per heavy atom. The number of hydrogen-bond acceptors (Lipinski definition) is 13. The molecule has 4 aromatic rings. The number of alkyl halides is 2. The summed E-state index contributed by atoms with van der Waals surface area (Å²) in [4.78, 5) is 89.8. The molecule has 0 bridgehead atoms. The molecular weight excluding hydrogens is 878 g/mol. The van der Waals surface area contributed by atoms with Crippen LogP contribution in [0.3, 0.4) is 0 Å². The number of piperidine rings is 3. The highest BCUT2D eigenvalue weighted by Gasteiger charge is 2.50. The predicted octanol–water partition coefficient (Wildman–Crippen LogP) is 6.17. The van der Waals surface area contributed by atoms with Crippen molar-refractivity contribution in [3.8, 4) is 5.75 Å². The number of ketones is 1. The fraction of sp³-hybridized carbons (Fsp3) is 0.489. The Balaban J connectivity index is 0.765. The summed E-state index contributed by atoms with van der Waals surface area (Å²) < 4.78 is 45.6. The van der Waals surface area contributed by atoms with Crippen molar-refractivity contribution < 1.29 is 42.2 Å². The van der Waals surface area contributed by atoms with Crippen LogP contribution in [0.1, 0.15) is 110 Å². The van der Waals surface area contributed by atoms with E-state index in [0.717, 1.165) is 23.1 Å². The van der Waals surface area contributed by atoms with Crippen LogP contribution in [0, 0.1) is 0 Å². The maximum atomic E-state index is 15.9. The van der Waals surface area contributed by atoms with Gasteiger partial charge in [0.2, 0.25) is 17.8 Å². The lowest BCUT2D eigenvalue weighted by Gasteiger charge is -2.48. The monoisotopic (exact) mass is 928 g/mol. The van der Waals surface area contributed by atoms with Crippen molar-refractivity contribution >= 4 is 69.4 Å². The van der Waals surface area contributed by atoms with E-state index in [1.165, 1.54) is 18.2 Å². The van der Waals surface area contributed by atoms with Gasteiger partial charge < -0.3 is 24.3 Å². The van der Waals surface area contributed by atoms with E-state index in [2.05, 4.69) is 20.5 Å². The van der Waals surface area contributed by atoms with E-state index in [4.69, 9.17) is 26.1 Å². The molecule has 66 heavy (non-hydrogen) atoms. The van der Waals surface area contributed by atoms with E-state index in [0.29, 0.717) is 66.9 Å². The quantitative estimate of drug-likeness (QED) is 0.145. The Kier molecular flexibility index (Phi) is 12.4. The number of amides is 4. The Labute approximate surface area is 383 Å². The van der Waals surface area contributed by atoms with Crippen molar-refractivity contribution in [2.45, 2.75) is 114 Å². The zero-order valence-corrected chi connectivity index (χ0v) is 37.6. The van der Waals surface area contributed by atoms with E-state index in [-0.39, 0.29) is 83.9 Å². The summed E-state index contributed by atoms with van der Waals surface area (Å²) in [6, 6.07) is 10.1. The molecule has 2 N–H and O–H groups in total. The molecule has 2 aromatic carbocycles. The first-order valence-electron chi connectivity index (χ1n) is 22.6. The number of nitrogens with one attached hydrogen (secondary N) is 2. The van der Waals surface area contributed by atoms with Crippen LogP contribution in [-0.4, -0.2) is 117 Å². The molecule has 0 spiro atoms. The summed E-state index contributed by atoms with van der Waals surface area (Å²) >= 11 is 6.57. The zero-order chi connectivity index (χ0) is 46.6. The van der Waals surface area contributed by atoms with Crippen LogP contribution in [0.15, 0.2) is 53.5 Å². The third-order valence-electron chi connectivity index (χ3n) is 13.5. The summed E-state index contributed by atoms with van der Waals surface area (Å²) in [7, 11) is 0. The molecule has 19 heteroatoms. The molecule has 4 aliphatic heterocycles. The lowest BCUT2D eigenvalue weighted by molar-refractivity contribution is -0.136. The van der Waals surface area contributed by atoms with Gasteiger partial charge in [-0.3, -0.25) is 43.9 Å². The third kappa shape index (κ3) is 8.77. The number of halogens is 3. The van der Waals surface area contributed by atoms with Gasteiger partial charge in [0.05, 0.1) is 47.5 Å². The second kappa shape index (κ2) is 18.1. The summed E-state index contributed by atoms with van der Waals surface area (Å²) in [6.45, 7) is 6.68. The number of carbonyl (C=O) groups excluding carboxylic acids is 5. The number of imide groups is 2.